The van der Waals surface area contributed by atoms with E-state index in [4.69, 9.17) is 0 Å². The van der Waals surface area contributed by atoms with E-state index in [1.807, 2.05) is 44.2 Å². The van der Waals surface area contributed by atoms with Crippen molar-refractivity contribution in [3.63, 3.8) is 0 Å². The first-order valence-corrected chi connectivity index (χ1v) is 7.20. The number of rotatable bonds is 4. The first-order chi connectivity index (χ1) is 9.56. The zero-order valence-corrected chi connectivity index (χ0v) is 12.3. The molecule has 0 bridgehead atoms. The van der Waals surface area contributed by atoms with Crippen LogP contribution in [0, 0.1) is 5.92 Å². The van der Waals surface area contributed by atoms with Crippen LogP contribution in [0.4, 0.5) is 0 Å². The quantitative estimate of drug-likeness (QED) is 0.914. The largest absolute Gasteiger partial charge is 0.345 e. The molecule has 1 heterocycles. The average Bonchev–Trinajstić information content (AvgIpc) is 2.44. The van der Waals surface area contributed by atoms with Crippen LogP contribution in [0.1, 0.15) is 38.8 Å². The lowest BCUT2D eigenvalue weighted by molar-refractivity contribution is -0.150. The highest BCUT2D eigenvalue weighted by molar-refractivity contribution is 5.95. The Morgan fingerprint density at radius 3 is 2.45 bits per heavy atom. The van der Waals surface area contributed by atoms with Crippen molar-refractivity contribution >= 4 is 11.8 Å². The van der Waals surface area contributed by atoms with Crippen molar-refractivity contribution in [1.82, 2.24) is 10.2 Å². The van der Waals surface area contributed by atoms with Crippen LogP contribution in [0.15, 0.2) is 30.3 Å². The minimum Gasteiger partial charge on any atom is -0.345 e. The van der Waals surface area contributed by atoms with Gasteiger partial charge in [-0.25, -0.2) is 0 Å². The fourth-order valence-electron chi connectivity index (χ4n) is 2.90. The van der Waals surface area contributed by atoms with Crippen LogP contribution in [-0.4, -0.2) is 29.3 Å². The van der Waals surface area contributed by atoms with Crippen molar-refractivity contribution in [2.45, 2.75) is 39.3 Å². The summed E-state index contributed by atoms with van der Waals surface area (Å²) < 4.78 is 0. The molecule has 2 unspecified atom stereocenters. The molecule has 1 aromatic carbocycles. The third-order valence-electron chi connectivity index (χ3n) is 3.81. The van der Waals surface area contributed by atoms with Gasteiger partial charge in [0.05, 0.1) is 12.6 Å². The van der Waals surface area contributed by atoms with Crippen LogP contribution in [0.3, 0.4) is 0 Å². The molecule has 2 atom stereocenters. The molecule has 1 saturated heterocycles. The van der Waals surface area contributed by atoms with E-state index in [2.05, 4.69) is 12.2 Å². The second-order valence-electron chi connectivity index (χ2n) is 5.54. The molecular weight excluding hydrogens is 252 g/mol. The summed E-state index contributed by atoms with van der Waals surface area (Å²) in [5, 5.41) is 2.69. The number of carbonyl (C=O) groups is 2. The third-order valence-corrected chi connectivity index (χ3v) is 3.81. The maximum Gasteiger partial charge on any atom is 0.243 e. The Morgan fingerprint density at radius 2 is 1.90 bits per heavy atom. The van der Waals surface area contributed by atoms with Gasteiger partial charge in [0, 0.05) is 0 Å². The first-order valence-electron chi connectivity index (χ1n) is 7.20. The molecule has 2 amide bonds. The van der Waals surface area contributed by atoms with Gasteiger partial charge < -0.3 is 10.2 Å². The molecule has 4 nitrogen and oxygen atoms in total. The summed E-state index contributed by atoms with van der Waals surface area (Å²) >= 11 is 0. The Hall–Kier alpha value is -1.84. The molecule has 0 aromatic heterocycles. The predicted molar refractivity (Wildman–Crippen MR) is 78.0 cm³/mol. The molecule has 20 heavy (non-hydrogen) atoms. The molecule has 1 aromatic rings. The number of hydrogen-bond donors (Lipinski definition) is 1. The molecule has 1 aliphatic rings. The Kier molecular flexibility index (Phi) is 4.42. The monoisotopic (exact) mass is 274 g/mol. The van der Waals surface area contributed by atoms with Gasteiger partial charge >= 0.3 is 0 Å². The molecule has 4 heteroatoms. The van der Waals surface area contributed by atoms with Crippen LogP contribution >= 0.6 is 0 Å². The van der Waals surface area contributed by atoms with E-state index < -0.39 is 0 Å². The first kappa shape index (κ1) is 14.6. The fourth-order valence-corrected chi connectivity index (χ4v) is 2.90. The van der Waals surface area contributed by atoms with Crippen LogP contribution in [0.5, 0.6) is 0 Å². The lowest BCUT2D eigenvalue weighted by Gasteiger charge is -2.42. The van der Waals surface area contributed by atoms with Gasteiger partial charge in [-0.15, -0.1) is 0 Å². The van der Waals surface area contributed by atoms with Gasteiger partial charge in [-0.3, -0.25) is 9.59 Å². The van der Waals surface area contributed by atoms with E-state index >= 15 is 0 Å². The number of carbonyl (C=O) groups excluding carboxylic acids is 2. The Labute approximate surface area is 120 Å². The standard InChI is InChI=1S/C16H22N2O2/c1-4-13(12-8-6-5-7-9-12)18-14(19)10-17-16(20)15(18)11(2)3/h5-9,11,13,15H,4,10H2,1-3H3,(H,17,20). The van der Waals surface area contributed by atoms with Crippen molar-refractivity contribution in [3.8, 4) is 0 Å². The van der Waals surface area contributed by atoms with Crippen molar-refractivity contribution in [2.24, 2.45) is 5.92 Å². The van der Waals surface area contributed by atoms with Crippen LogP contribution in [-0.2, 0) is 9.59 Å². The minimum atomic E-state index is -0.388. The van der Waals surface area contributed by atoms with E-state index in [1.165, 1.54) is 0 Å². The van der Waals surface area contributed by atoms with Gasteiger partial charge in [-0.1, -0.05) is 51.1 Å². The molecule has 0 radical (unpaired) electrons. The zero-order valence-electron chi connectivity index (χ0n) is 12.3. The van der Waals surface area contributed by atoms with Gasteiger partial charge in [0.25, 0.3) is 0 Å². The molecule has 0 aliphatic carbocycles. The molecule has 2 rings (SSSR count). The van der Waals surface area contributed by atoms with Crippen LogP contribution in [0.2, 0.25) is 0 Å². The number of amides is 2. The molecule has 1 aliphatic heterocycles. The normalized spacial score (nSPS) is 21.0. The fraction of sp³-hybridized carbons (Fsp3) is 0.500. The van der Waals surface area contributed by atoms with Gasteiger partial charge in [-0.2, -0.15) is 0 Å². The maximum atomic E-state index is 12.3. The molecular formula is C16H22N2O2. The van der Waals surface area contributed by atoms with E-state index in [9.17, 15) is 9.59 Å². The molecule has 0 saturated carbocycles. The van der Waals surface area contributed by atoms with Gasteiger partial charge in [0.1, 0.15) is 6.04 Å². The molecule has 0 spiro atoms. The van der Waals surface area contributed by atoms with Crippen molar-refractivity contribution < 1.29 is 9.59 Å². The Morgan fingerprint density at radius 1 is 1.25 bits per heavy atom. The van der Waals surface area contributed by atoms with E-state index in [-0.39, 0.29) is 36.4 Å². The number of hydrogen-bond acceptors (Lipinski definition) is 2. The minimum absolute atomic E-state index is 0.000923. The van der Waals surface area contributed by atoms with Crippen molar-refractivity contribution in [2.75, 3.05) is 6.54 Å². The highest BCUT2D eigenvalue weighted by atomic mass is 16.2. The topological polar surface area (TPSA) is 49.4 Å². The van der Waals surface area contributed by atoms with E-state index in [0.29, 0.717) is 0 Å². The van der Waals surface area contributed by atoms with Gasteiger partial charge in [-0.05, 0) is 17.9 Å². The maximum absolute atomic E-state index is 12.3. The summed E-state index contributed by atoms with van der Waals surface area (Å²) in [7, 11) is 0. The highest BCUT2D eigenvalue weighted by Gasteiger charge is 2.40. The summed E-state index contributed by atoms with van der Waals surface area (Å²) in [6, 6.07) is 9.51. The summed E-state index contributed by atoms with van der Waals surface area (Å²) in [5.41, 5.74) is 1.09. The SMILES string of the molecule is CCC(c1ccccc1)N1C(=O)CNC(=O)C1C(C)C. The summed E-state index contributed by atoms with van der Waals surface area (Å²) in [6.45, 7) is 6.11. The lowest BCUT2D eigenvalue weighted by atomic mass is 9.93. The second-order valence-corrected chi connectivity index (χ2v) is 5.54. The van der Waals surface area contributed by atoms with Gasteiger partial charge in [0.15, 0.2) is 0 Å². The Balaban J connectivity index is 2.38. The Bertz CT molecular complexity index is 485. The van der Waals surface area contributed by atoms with E-state index in [0.717, 1.165) is 12.0 Å². The van der Waals surface area contributed by atoms with Crippen molar-refractivity contribution in [1.29, 1.82) is 0 Å². The molecule has 108 valence electrons. The third kappa shape index (κ3) is 2.69. The average molecular weight is 274 g/mol. The van der Waals surface area contributed by atoms with E-state index in [1.54, 1.807) is 4.90 Å². The van der Waals surface area contributed by atoms with Crippen LogP contribution in [0.25, 0.3) is 0 Å². The second kappa shape index (κ2) is 6.07. The predicted octanol–water partition coefficient (Wildman–Crippen LogP) is 2.12. The van der Waals surface area contributed by atoms with Crippen molar-refractivity contribution in [3.05, 3.63) is 35.9 Å². The summed E-state index contributed by atoms with van der Waals surface area (Å²) in [5.74, 6) is 0.0463. The molecule has 1 fully saturated rings. The lowest BCUT2D eigenvalue weighted by Crippen LogP contribution is -2.61. The number of nitrogens with zero attached hydrogens (tertiary/aromatic N) is 1. The number of nitrogens with one attached hydrogen (secondary N) is 1. The highest BCUT2D eigenvalue weighted by Crippen LogP contribution is 2.30. The zero-order chi connectivity index (χ0) is 14.7. The van der Waals surface area contributed by atoms with Gasteiger partial charge in [0.2, 0.25) is 11.8 Å². The smallest absolute Gasteiger partial charge is 0.243 e. The summed E-state index contributed by atoms with van der Waals surface area (Å²) in [4.78, 5) is 26.3. The molecule has 1 N–H and O–H groups in total. The number of benzene rings is 1. The summed E-state index contributed by atoms with van der Waals surface area (Å²) in [6.07, 6.45) is 0.798. The van der Waals surface area contributed by atoms with Crippen LogP contribution < -0.4 is 5.32 Å². The number of piperazine rings is 1.